The average Bonchev–Trinajstić information content (AvgIpc) is 2.83. The summed E-state index contributed by atoms with van der Waals surface area (Å²) in [4.78, 5) is 4.25. The summed E-state index contributed by atoms with van der Waals surface area (Å²) < 4.78 is 5.46. The Morgan fingerprint density at radius 3 is 3.06 bits per heavy atom. The molecule has 1 unspecified atom stereocenters. The molecule has 3 nitrogen and oxygen atoms in total. The number of benzene rings is 1. The topological polar surface area (TPSA) is 48.1 Å². The Bertz CT molecular complexity index is 456. The Balaban J connectivity index is 2.07. The lowest BCUT2D eigenvalue weighted by Gasteiger charge is -2.12. The summed E-state index contributed by atoms with van der Waals surface area (Å²) in [6.45, 7) is 2.65. The van der Waals surface area contributed by atoms with Gasteiger partial charge in [0.05, 0.1) is 11.6 Å². The molecule has 4 heteroatoms. The summed E-state index contributed by atoms with van der Waals surface area (Å²) in [5, 5.41) is 3.04. The van der Waals surface area contributed by atoms with Gasteiger partial charge in [0, 0.05) is 24.0 Å². The van der Waals surface area contributed by atoms with Gasteiger partial charge in [0.25, 0.3) is 0 Å². The molecule has 0 aliphatic heterocycles. The maximum Gasteiger partial charge on any atom is 0.119 e. The molecule has 2 N–H and O–H groups in total. The Morgan fingerprint density at radius 2 is 2.35 bits per heavy atom. The van der Waals surface area contributed by atoms with Crippen molar-refractivity contribution in [3.8, 4) is 5.75 Å². The predicted molar refractivity (Wildman–Crippen MR) is 70.4 cm³/mol. The number of hydrogen-bond acceptors (Lipinski definition) is 4. The third-order valence-electron chi connectivity index (χ3n) is 2.48. The quantitative estimate of drug-likeness (QED) is 0.885. The number of aromatic nitrogens is 1. The van der Waals surface area contributed by atoms with Crippen LogP contribution < -0.4 is 10.5 Å². The second kappa shape index (κ2) is 5.80. The second-order valence-corrected chi connectivity index (χ2v) is 4.72. The molecular weight excluding hydrogens is 232 g/mol. The van der Waals surface area contributed by atoms with Gasteiger partial charge in [-0.25, -0.2) is 4.98 Å². The normalized spacial score (nSPS) is 12.4. The number of thiazole rings is 1. The molecule has 1 aromatic heterocycles. The molecule has 0 spiro atoms. The number of rotatable bonds is 5. The maximum absolute atomic E-state index is 6.16. The van der Waals surface area contributed by atoms with Crippen LogP contribution in [0.25, 0.3) is 0 Å². The summed E-state index contributed by atoms with van der Waals surface area (Å²) in [6, 6.07) is 7.93. The highest BCUT2D eigenvalue weighted by molar-refractivity contribution is 7.09. The van der Waals surface area contributed by atoms with E-state index in [2.05, 4.69) is 4.98 Å². The van der Waals surface area contributed by atoms with Crippen LogP contribution >= 0.6 is 11.3 Å². The van der Waals surface area contributed by atoms with Crippen molar-refractivity contribution >= 4 is 11.3 Å². The van der Waals surface area contributed by atoms with E-state index in [0.29, 0.717) is 6.61 Å². The fraction of sp³-hybridized carbons (Fsp3) is 0.308. The lowest BCUT2D eigenvalue weighted by atomic mass is 10.0. The molecule has 0 saturated heterocycles. The lowest BCUT2D eigenvalue weighted by molar-refractivity contribution is 0.339. The summed E-state index contributed by atoms with van der Waals surface area (Å²) in [5.74, 6) is 0.875. The molecule has 17 heavy (non-hydrogen) atoms. The standard InChI is InChI=1S/C13H16N2OS/c1-2-16-11-5-3-4-10(8-11)12(14)9-13-15-6-7-17-13/h3-8,12H,2,9,14H2,1H3. The minimum Gasteiger partial charge on any atom is -0.494 e. The van der Waals surface area contributed by atoms with Crippen LogP contribution in [0, 0.1) is 0 Å². The minimum absolute atomic E-state index is 0.0263. The molecule has 0 aliphatic carbocycles. The molecule has 1 heterocycles. The summed E-state index contributed by atoms with van der Waals surface area (Å²) in [5.41, 5.74) is 7.25. The Hall–Kier alpha value is -1.39. The second-order valence-electron chi connectivity index (χ2n) is 3.74. The van der Waals surface area contributed by atoms with Crippen LogP contribution in [0.4, 0.5) is 0 Å². The SMILES string of the molecule is CCOc1cccc(C(N)Cc2nccs2)c1. The number of ether oxygens (including phenoxy) is 1. The monoisotopic (exact) mass is 248 g/mol. The van der Waals surface area contributed by atoms with Crippen molar-refractivity contribution in [1.29, 1.82) is 0 Å². The van der Waals surface area contributed by atoms with Gasteiger partial charge in [-0.05, 0) is 24.6 Å². The fourth-order valence-corrected chi connectivity index (χ4v) is 2.34. The van der Waals surface area contributed by atoms with E-state index in [1.165, 1.54) is 0 Å². The molecule has 0 radical (unpaired) electrons. The van der Waals surface area contributed by atoms with Crippen LogP contribution in [0.5, 0.6) is 5.75 Å². The van der Waals surface area contributed by atoms with Crippen molar-refractivity contribution in [3.63, 3.8) is 0 Å². The largest absolute Gasteiger partial charge is 0.494 e. The number of nitrogens with two attached hydrogens (primary N) is 1. The number of nitrogens with zero attached hydrogens (tertiary/aromatic N) is 1. The van der Waals surface area contributed by atoms with Crippen LogP contribution in [0.15, 0.2) is 35.8 Å². The highest BCUT2D eigenvalue weighted by Gasteiger charge is 2.09. The van der Waals surface area contributed by atoms with Gasteiger partial charge in [0.1, 0.15) is 5.75 Å². The van der Waals surface area contributed by atoms with E-state index in [0.717, 1.165) is 22.7 Å². The zero-order valence-electron chi connectivity index (χ0n) is 9.80. The van der Waals surface area contributed by atoms with Crippen LogP contribution in [-0.4, -0.2) is 11.6 Å². The average molecular weight is 248 g/mol. The zero-order valence-corrected chi connectivity index (χ0v) is 10.6. The van der Waals surface area contributed by atoms with Crippen molar-refractivity contribution in [3.05, 3.63) is 46.4 Å². The molecule has 0 fully saturated rings. The van der Waals surface area contributed by atoms with E-state index in [9.17, 15) is 0 Å². The smallest absolute Gasteiger partial charge is 0.119 e. The Labute approximate surface area is 105 Å². The third kappa shape index (κ3) is 3.28. The summed E-state index contributed by atoms with van der Waals surface area (Å²) in [7, 11) is 0. The molecule has 90 valence electrons. The van der Waals surface area contributed by atoms with E-state index in [4.69, 9.17) is 10.5 Å². The lowest BCUT2D eigenvalue weighted by Crippen LogP contribution is -2.13. The van der Waals surface area contributed by atoms with Crippen molar-refractivity contribution in [2.75, 3.05) is 6.61 Å². The first-order valence-corrected chi connectivity index (χ1v) is 6.54. The van der Waals surface area contributed by atoms with E-state index in [1.54, 1.807) is 11.3 Å². The van der Waals surface area contributed by atoms with Crippen molar-refractivity contribution in [2.24, 2.45) is 5.73 Å². The summed E-state index contributed by atoms with van der Waals surface area (Å²) >= 11 is 1.64. The Morgan fingerprint density at radius 1 is 1.47 bits per heavy atom. The first kappa shape index (κ1) is 12.1. The first-order valence-electron chi connectivity index (χ1n) is 5.66. The molecule has 2 aromatic rings. The maximum atomic E-state index is 6.16. The number of hydrogen-bond donors (Lipinski definition) is 1. The van der Waals surface area contributed by atoms with Crippen LogP contribution in [0.3, 0.4) is 0 Å². The van der Waals surface area contributed by atoms with Crippen LogP contribution in [0.1, 0.15) is 23.5 Å². The highest BCUT2D eigenvalue weighted by atomic mass is 32.1. The van der Waals surface area contributed by atoms with Gasteiger partial charge in [-0.3, -0.25) is 0 Å². The molecular formula is C13H16N2OS. The van der Waals surface area contributed by atoms with Crippen molar-refractivity contribution in [2.45, 2.75) is 19.4 Å². The molecule has 1 aromatic carbocycles. The van der Waals surface area contributed by atoms with Crippen LogP contribution in [-0.2, 0) is 6.42 Å². The van der Waals surface area contributed by atoms with Crippen LogP contribution in [0.2, 0.25) is 0 Å². The van der Waals surface area contributed by atoms with Gasteiger partial charge in [-0.2, -0.15) is 0 Å². The van der Waals surface area contributed by atoms with E-state index < -0.39 is 0 Å². The summed E-state index contributed by atoms with van der Waals surface area (Å²) in [6.07, 6.45) is 2.58. The highest BCUT2D eigenvalue weighted by Crippen LogP contribution is 2.21. The van der Waals surface area contributed by atoms with Gasteiger partial charge in [0.2, 0.25) is 0 Å². The molecule has 0 amide bonds. The van der Waals surface area contributed by atoms with E-state index in [-0.39, 0.29) is 6.04 Å². The predicted octanol–water partition coefficient (Wildman–Crippen LogP) is 2.78. The molecule has 1 atom stereocenters. The molecule has 0 aliphatic rings. The molecule has 0 bridgehead atoms. The van der Waals surface area contributed by atoms with E-state index in [1.807, 2.05) is 42.8 Å². The van der Waals surface area contributed by atoms with E-state index >= 15 is 0 Å². The van der Waals surface area contributed by atoms with Gasteiger partial charge >= 0.3 is 0 Å². The third-order valence-corrected chi connectivity index (χ3v) is 3.28. The minimum atomic E-state index is -0.0263. The van der Waals surface area contributed by atoms with Gasteiger partial charge in [0.15, 0.2) is 0 Å². The Kier molecular flexibility index (Phi) is 4.12. The van der Waals surface area contributed by atoms with Crippen molar-refractivity contribution in [1.82, 2.24) is 4.98 Å². The van der Waals surface area contributed by atoms with Gasteiger partial charge in [-0.1, -0.05) is 12.1 Å². The fourth-order valence-electron chi connectivity index (χ4n) is 1.66. The van der Waals surface area contributed by atoms with Gasteiger partial charge < -0.3 is 10.5 Å². The molecule has 2 rings (SSSR count). The van der Waals surface area contributed by atoms with Gasteiger partial charge in [-0.15, -0.1) is 11.3 Å². The van der Waals surface area contributed by atoms with Crippen molar-refractivity contribution < 1.29 is 4.74 Å². The molecule has 0 saturated carbocycles. The first-order chi connectivity index (χ1) is 8.29. The zero-order chi connectivity index (χ0) is 12.1.